The van der Waals surface area contributed by atoms with Gasteiger partial charge in [0.25, 0.3) is 5.69 Å². The third-order valence-electron chi connectivity index (χ3n) is 2.72. The van der Waals surface area contributed by atoms with Crippen molar-refractivity contribution >= 4 is 17.1 Å². The van der Waals surface area contributed by atoms with Crippen molar-refractivity contribution in [1.29, 1.82) is 5.26 Å². The molecule has 0 aliphatic heterocycles. The zero-order chi connectivity index (χ0) is 14.5. The summed E-state index contributed by atoms with van der Waals surface area (Å²) in [6.07, 6.45) is 0. The Morgan fingerprint density at radius 2 is 2.10 bits per heavy atom. The van der Waals surface area contributed by atoms with Crippen molar-refractivity contribution in [1.82, 2.24) is 0 Å². The van der Waals surface area contributed by atoms with Crippen molar-refractivity contribution in [2.45, 2.75) is 6.61 Å². The number of nitro benzene ring substituents is 1. The van der Waals surface area contributed by atoms with Crippen molar-refractivity contribution in [3.63, 3.8) is 0 Å². The molecule has 0 heterocycles. The summed E-state index contributed by atoms with van der Waals surface area (Å²) in [6, 6.07) is 13.0. The van der Waals surface area contributed by atoms with Gasteiger partial charge in [0, 0.05) is 17.8 Å². The van der Waals surface area contributed by atoms with Crippen molar-refractivity contribution in [2.24, 2.45) is 0 Å². The first-order chi connectivity index (χ1) is 9.63. The van der Waals surface area contributed by atoms with E-state index in [1.807, 2.05) is 6.07 Å². The largest absolute Gasteiger partial charge is 0.392 e. The summed E-state index contributed by atoms with van der Waals surface area (Å²) in [4.78, 5) is 10.1. The van der Waals surface area contributed by atoms with E-state index < -0.39 is 4.92 Å². The standard InChI is InChI=1S/C14H11N3O3/c15-8-11-7-13(17(19)20)4-5-14(11)16-12-3-1-2-10(6-12)9-18/h1-7,16,18H,9H2. The van der Waals surface area contributed by atoms with Gasteiger partial charge in [-0.3, -0.25) is 10.1 Å². The van der Waals surface area contributed by atoms with Gasteiger partial charge >= 0.3 is 0 Å². The molecule has 0 radical (unpaired) electrons. The minimum Gasteiger partial charge on any atom is -0.392 e. The predicted molar refractivity (Wildman–Crippen MR) is 73.5 cm³/mol. The Balaban J connectivity index is 2.33. The number of benzene rings is 2. The lowest BCUT2D eigenvalue weighted by molar-refractivity contribution is -0.384. The molecule has 2 N–H and O–H groups in total. The van der Waals surface area contributed by atoms with Crippen LogP contribution in [-0.2, 0) is 6.61 Å². The molecular formula is C14H11N3O3. The van der Waals surface area contributed by atoms with E-state index in [1.54, 1.807) is 24.3 Å². The maximum absolute atomic E-state index is 10.7. The fraction of sp³-hybridized carbons (Fsp3) is 0.0714. The maximum Gasteiger partial charge on any atom is 0.270 e. The van der Waals surface area contributed by atoms with Crippen LogP contribution in [0, 0.1) is 21.4 Å². The minimum atomic E-state index is -0.545. The summed E-state index contributed by atoms with van der Waals surface area (Å²) < 4.78 is 0. The van der Waals surface area contributed by atoms with Crippen LogP contribution in [0.2, 0.25) is 0 Å². The van der Waals surface area contributed by atoms with Gasteiger partial charge < -0.3 is 10.4 Å². The second kappa shape index (κ2) is 5.82. The van der Waals surface area contributed by atoms with Gasteiger partial charge in [-0.2, -0.15) is 5.26 Å². The molecule has 0 spiro atoms. The highest BCUT2D eigenvalue weighted by Gasteiger charge is 2.10. The number of nitriles is 1. The van der Waals surface area contributed by atoms with Gasteiger partial charge in [0.05, 0.1) is 22.8 Å². The van der Waals surface area contributed by atoms with Gasteiger partial charge in [-0.1, -0.05) is 12.1 Å². The van der Waals surface area contributed by atoms with Crippen LogP contribution in [0.5, 0.6) is 0 Å². The zero-order valence-electron chi connectivity index (χ0n) is 10.4. The number of anilines is 2. The lowest BCUT2D eigenvalue weighted by Gasteiger charge is -2.09. The molecule has 0 atom stereocenters. The van der Waals surface area contributed by atoms with Gasteiger partial charge in [-0.25, -0.2) is 0 Å². The van der Waals surface area contributed by atoms with E-state index in [1.165, 1.54) is 18.2 Å². The molecule has 0 fully saturated rings. The predicted octanol–water partition coefficient (Wildman–Crippen LogP) is 2.70. The van der Waals surface area contributed by atoms with Crippen LogP contribution in [0.4, 0.5) is 17.1 Å². The van der Waals surface area contributed by atoms with Crippen LogP contribution in [0.1, 0.15) is 11.1 Å². The average Bonchev–Trinajstić information content (AvgIpc) is 2.47. The quantitative estimate of drug-likeness (QED) is 0.656. The number of hydrogen-bond donors (Lipinski definition) is 2. The second-order valence-corrected chi connectivity index (χ2v) is 4.08. The Hall–Kier alpha value is -2.91. The van der Waals surface area contributed by atoms with E-state index in [-0.39, 0.29) is 17.9 Å². The van der Waals surface area contributed by atoms with E-state index in [0.29, 0.717) is 11.4 Å². The van der Waals surface area contributed by atoms with Gasteiger partial charge in [0.15, 0.2) is 0 Å². The number of nitrogens with zero attached hydrogens (tertiary/aromatic N) is 2. The monoisotopic (exact) mass is 269 g/mol. The number of nitrogens with one attached hydrogen (secondary N) is 1. The van der Waals surface area contributed by atoms with Crippen LogP contribution in [-0.4, -0.2) is 10.0 Å². The lowest BCUT2D eigenvalue weighted by atomic mass is 10.1. The van der Waals surface area contributed by atoms with Crippen molar-refractivity contribution in [2.75, 3.05) is 5.32 Å². The fourth-order valence-electron chi connectivity index (χ4n) is 1.75. The Bertz CT molecular complexity index is 692. The topological polar surface area (TPSA) is 99.2 Å². The van der Waals surface area contributed by atoms with Gasteiger partial charge in [-0.05, 0) is 23.8 Å². The molecule has 2 rings (SSSR count). The Morgan fingerprint density at radius 3 is 2.75 bits per heavy atom. The summed E-state index contributed by atoms with van der Waals surface area (Å²) in [5, 5.41) is 31.8. The van der Waals surface area contributed by atoms with Crippen molar-refractivity contribution in [3.05, 3.63) is 63.7 Å². The first kappa shape index (κ1) is 13.5. The number of rotatable bonds is 4. The molecule has 0 aliphatic carbocycles. The SMILES string of the molecule is N#Cc1cc([N+](=O)[O-])ccc1Nc1cccc(CO)c1. The molecular weight excluding hydrogens is 258 g/mol. The summed E-state index contributed by atoms with van der Waals surface area (Å²) in [7, 11) is 0. The van der Waals surface area contributed by atoms with Crippen LogP contribution in [0.15, 0.2) is 42.5 Å². The molecule has 100 valence electrons. The van der Waals surface area contributed by atoms with Crippen LogP contribution >= 0.6 is 0 Å². The van der Waals surface area contributed by atoms with E-state index >= 15 is 0 Å². The van der Waals surface area contributed by atoms with E-state index in [2.05, 4.69) is 5.32 Å². The first-order valence-corrected chi connectivity index (χ1v) is 5.79. The normalized spacial score (nSPS) is 9.80. The first-order valence-electron chi connectivity index (χ1n) is 5.79. The van der Waals surface area contributed by atoms with Crippen LogP contribution < -0.4 is 5.32 Å². The second-order valence-electron chi connectivity index (χ2n) is 4.08. The van der Waals surface area contributed by atoms with E-state index in [0.717, 1.165) is 5.56 Å². The zero-order valence-corrected chi connectivity index (χ0v) is 10.4. The number of hydrogen-bond acceptors (Lipinski definition) is 5. The molecule has 0 aliphatic rings. The number of non-ortho nitro benzene ring substituents is 1. The van der Waals surface area contributed by atoms with Crippen LogP contribution in [0.25, 0.3) is 0 Å². The molecule has 0 bridgehead atoms. The summed E-state index contributed by atoms with van der Waals surface area (Å²) in [5.74, 6) is 0. The van der Waals surface area contributed by atoms with Crippen molar-refractivity contribution < 1.29 is 10.0 Å². The average molecular weight is 269 g/mol. The summed E-state index contributed by atoms with van der Waals surface area (Å²) >= 11 is 0. The third kappa shape index (κ3) is 2.91. The highest BCUT2D eigenvalue weighted by Crippen LogP contribution is 2.25. The van der Waals surface area contributed by atoms with Gasteiger partial charge in [0.1, 0.15) is 6.07 Å². The number of nitro groups is 1. The highest BCUT2D eigenvalue weighted by molar-refractivity contribution is 5.68. The minimum absolute atomic E-state index is 0.0825. The Morgan fingerprint density at radius 1 is 1.30 bits per heavy atom. The van der Waals surface area contributed by atoms with Crippen LogP contribution in [0.3, 0.4) is 0 Å². The smallest absolute Gasteiger partial charge is 0.270 e. The summed E-state index contributed by atoms with van der Waals surface area (Å²) in [5.41, 5.74) is 1.97. The molecule has 20 heavy (non-hydrogen) atoms. The molecule has 0 amide bonds. The van der Waals surface area contributed by atoms with Crippen molar-refractivity contribution in [3.8, 4) is 6.07 Å². The molecule has 0 unspecified atom stereocenters. The fourth-order valence-corrected chi connectivity index (χ4v) is 1.75. The maximum atomic E-state index is 10.7. The highest BCUT2D eigenvalue weighted by atomic mass is 16.6. The third-order valence-corrected chi connectivity index (χ3v) is 2.72. The number of aliphatic hydroxyl groups is 1. The molecule has 0 saturated carbocycles. The Labute approximate surface area is 115 Å². The lowest BCUT2D eigenvalue weighted by Crippen LogP contribution is -1.96. The molecule has 6 heteroatoms. The van der Waals surface area contributed by atoms with E-state index in [4.69, 9.17) is 10.4 Å². The molecule has 2 aromatic carbocycles. The molecule has 6 nitrogen and oxygen atoms in total. The molecule has 2 aromatic rings. The molecule has 0 saturated heterocycles. The summed E-state index contributed by atoms with van der Waals surface area (Å²) in [6.45, 7) is -0.0825. The van der Waals surface area contributed by atoms with Gasteiger partial charge in [-0.15, -0.1) is 0 Å². The van der Waals surface area contributed by atoms with E-state index in [9.17, 15) is 10.1 Å². The Kier molecular flexibility index (Phi) is 3.93. The molecule has 0 aromatic heterocycles. The van der Waals surface area contributed by atoms with Gasteiger partial charge in [0.2, 0.25) is 0 Å². The number of aliphatic hydroxyl groups excluding tert-OH is 1.